The second-order valence-corrected chi connectivity index (χ2v) is 9.72. The van der Waals surface area contributed by atoms with Crippen LogP contribution in [-0.4, -0.2) is 106 Å². The summed E-state index contributed by atoms with van der Waals surface area (Å²) in [5.41, 5.74) is -5.24. The molecule has 0 aromatic rings. The Hall–Kier alpha value is -0.380. The van der Waals surface area contributed by atoms with Gasteiger partial charge in [0.15, 0.2) is 5.96 Å². The number of guanidine groups is 1. The minimum Gasteiger partial charge on any atom is -0.357 e. The second kappa shape index (κ2) is 12.0. The van der Waals surface area contributed by atoms with Gasteiger partial charge in [-0.15, -0.1) is 24.0 Å². The lowest BCUT2D eigenvalue weighted by Gasteiger charge is -2.38. The van der Waals surface area contributed by atoms with E-state index in [-0.39, 0.29) is 43.0 Å². The lowest BCUT2D eigenvalue weighted by atomic mass is 9.98. The van der Waals surface area contributed by atoms with Crippen molar-refractivity contribution in [3.05, 3.63) is 0 Å². The molecule has 0 bridgehead atoms. The van der Waals surface area contributed by atoms with E-state index in [9.17, 15) is 21.6 Å². The van der Waals surface area contributed by atoms with Crippen LogP contribution in [0.5, 0.6) is 0 Å². The molecule has 0 amide bonds. The summed E-state index contributed by atoms with van der Waals surface area (Å²) in [4.78, 5) is 9.18. The van der Waals surface area contributed by atoms with E-state index in [2.05, 4.69) is 39.5 Å². The number of hydrogen-bond acceptors (Lipinski definition) is 5. The fourth-order valence-electron chi connectivity index (χ4n) is 3.58. The molecular weight excluding hydrogens is 536 g/mol. The Balaban J connectivity index is 0.00000450. The molecule has 1 unspecified atom stereocenters. The van der Waals surface area contributed by atoms with Crippen LogP contribution in [-0.2, 0) is 10.0 Å². The van der Waals surface area contributed by atoms with Gasteiger partial charge in [0, 0.05) is 58.4 Å². The Morgan fingerprint density at radius 1 is 1.10 bits per heavy atom. The number of sulfonamides is 1. The lowest BCUT2D eigenvalue weighted by molar-refractivity contribution is -0.0496. The van der Waals surface area contributed by atoms with Crippen molar-refractivity contribution in [3.8, 4) is 0 Å². The first-order valence-corrected chi connectivity index (χ1v) is 11.5. The summed E-state index contributed by atoms with van der Waals surface area (Å²) in [5, 5.41) is 6.54. The Bertz CT molecular complexity index is 656. The van der Waals surface area contributed by atoms with Crippen LogP contribution in [0.2, 0.25) is 0 Å². The van der Waals surface area contributed by atoms with Gasteiger partial charge < -0.3 is 15.5 Å². The van der Waals surface area contributed by atoms with Gasteiger partial charge in [0.05, 0.1) is 0 Å². The molecule has 2 aliphatic heterocycles. The number of alkyl halides is 3. The first kappa shape index (κ1) is 27.7. The van der Waals surface area contributed by atoms with Gasteiger partial charge in [-0.25, -0.2) is 8.42 Å². The number of aliphatic imine (C=N–C) groups is 1. The normalized spacial score (nSPS) is 23.8. The fraction of sp³-hybridized carbons (Fsp3) is 0.941. The van der Waals surface area contributed by atoms with Crippen molar-refractivity contribution in [2.24, 2.45) is 10.9 Å². The fourth-order valence-corrected chi connectivity index (χ4v) is 4.56. The standard InChI is InChI=1S/C17H33F3N6O2S.HI/c1-4-21-16(23-12-15-13-24(2)9-10-25(15)3)22-11-14-5-7-26(8-6-14)29(27,28)17(18,19)20;/h14-15H,4-13H2,1-3H3,(H2,21,22,23);1H. The third-order valence-corrected chi connectivity index (χ3v) is 7.17. The number of rotatable bonds is 6. The maximum Gasteiger partial charge on any atom is 0.511 e. The van der Waals surface area contributed by atoms with Crippen molar-refractivity contribution in [3.63, 3.8) is 0 Å². The van der Waals surface area contributed by atoms with E-state index in [1.165, 1.54) is 0 Å². The van der Waals surface area contributed by atoms with Crippen LogP contribution in [0.15, 0.2) is 4.99 Å². The summed E-state index contributed by atoms with van der Waals surface area (Å²) in [7, 11) is -1.02. The molecule has 0 aromatic heterocycles. The van der Waals surface area contributed by atoms with Crippen molar-refractivity contribution in [1.82, 2.24) is 24.7 Å². The molecule has 13 heteroatoms. The first-order valence-electron chi connectivity index (χ1n) is 10.0. The van der Waals surface area contributed by atoms with Crippen LogP contribution in [0, 0.1) is 5.92 Å². The summed E-state index contributed by atoms with van der Waals surface area (Å²) < 4.78 is 61.5. The topological polar surface area (TPSA) is 80.3 Å². The van der Waals surface area contributed by atoms with Gasteiger partial charge >= 0.3 is 15.5 Å². The van der Waals surface area contributed by atoms with Crippen LogP contribution in [0.3, 0.4) is 0 Å². The van der Waals surface area contributed by atoms with Gasteiger partial charge in [0.25, 0.3) is 0 Å². The van der Waals surface area contributed by atoms with E-state index in [0.717, 1.165) is 26.2 Å². The molecule has 0 aromatic carbocycles. The summed E-state index contributed by atoms with van der Waals surface area (Å²) >= 11 is 0. The van der Waals surface area contributed by atoms with E-state index in [4.69, 9.17) is 0 Å². The highest BCUT2D eigenvalue weighted by Gasteiger charge is 2.50. The van der Waals surface area contributed by atoms with Crippen molar-refractivity contribution in [1.29, 1.82) is 0 Å². The number of piperidine rings is 1. The summed E-state index contributed by atoms with van der Waals surface area (Å²) in [6.45, 7) is 6.66. The highest BCUT2D eigenvalue weighted by atomic mass is 127. The molecule has 178 valence electrons. The minimum atomic E-state index is -5.24. The maximum atomic E-state index is 12.7. The number of piperazine rings is 1. The highest BCUT2D eigenvalue weighted by molar-refractivity contribution is 14.0. The van der Waals surface area contributed by atoms with Crippen molar-refractivity contribution in [2.75, 3.05) is 66.5 Å². The smallest absolute Gasteiger partial charge is 0.357 e. The summed E-state index contributed by atoms with van der Waals surface area (Å²) in [6.07, 6.45) is 0.739. The number of hydrogen-bond donors (Lipinski definition) is 2. The molecule has 8 nitrogen and oxygen atoms in total. The van der Waals surface area contributed by atoms with E-state index >= 15 is 0 Å². The molecule has 2 heterocycles. The van der Waals surface area contributed by atoms with E-state index in [1.807, 2.05) is 6.92 Å². The number of likely N-dealkylation sites (N-methyl/N-ethyl adjacent to an activating group) is 2. The Morgan fingerprint density at radius 2 is 1.73 bits per heavy atom. The molecule has 1 atom stereocenters. The molecule has 0 aliphatic carbocycles. The lowest BCUT2D eigenvalue weighted by Crippen LogP contribution is -2.55. The zero-order valence-corrected chi connectivity index (χ0v) is 20.9. The van der Waals surface area contributed by atoms with E-state index in [0.29, 0.717) is 42.2 Å². The largest absolute Gasteiger partial charge is 0.511 e. The van der Waals surface area contributed by atoms with Crippen molar-refractivity contribution < 1.29 is 21.6 Å². The third kappa shape index (κ3) is 7.64. The Morgan fingerprint density at radius 3 is 2.30 bits per heavy atom. The number of nitrogens with zero attached hydrogens (tertiary/aromatic N) is 4. The molecule has 2 N–H and O–H groups in total. The molecule has 0 radical (unpaired) electrons. The molecule has 30 heavy (non-hydrogen) atoms. The van der Waals surface area contributed by atoms with Gasteiger partial charge in [0.1, 0.15) is 0 Å². The van der Waals surface area contributed by atoms with Gasteiger partial charge in [-0.2, -0.15) is 17.5 Å². The monoisotopic (exact) mass is 570 g/mol. The van der Waals surface area contributed by atoms with Gasteiger partial charge in [0.2, 0.25) is 0 Å². The van der Waals surface area contributed by atoms with E-state index < -0.39 is 15.5 Å². The molecule has 0 spiro atoms. The molecule has 2 fully saturated rings. The average molecular weight is 570 g/mol. The zero-order chi connectivity index (χ0) is 21.7. The number of nitrogens with one attached hydrogen (secondary N) is 2. The van der Waals surface area contributed by atoms with E-state index in [1.54, 1.807) is 0 Å². The zero-order valence-electron chi connectivity index (χ0n) is 17.8. The van der Waals surface area contributed by atoms with Gasteiger partial charge in [-0.1, -0.05) is 0 Å². The molecule has 2 rings (SSSR count). The summed E-state index contributed by atoms with van der Waals surface area (Å²) in [5.74, 6) is 0.744. The summed E-state index contributed by atoms with van der Waals surface area (Å²) in [6, 6.07) is 0.369. The predicted octanol–water partition coefficient (Wildman–Crippen LogP) is 0.967. The second-order valence-electron chi connectivity index (χ2n) is 7.79. The van der Waals surface area contributed by atoms with Gasteiger partial charge in [-0.05, 0) is 39.8 Å². The average Bonchev–Trinajstić information content (AvgIpc) is 2.66. The number of halogens is 4. The quantitative estimate of drug-likeness (QED) is 0.282. The van der Waals surface area contributed by atoms with Crippen LogP contribution in [0.25, 0.3) is 0 Å². The predicted molar refractivity (Wildman–Crippen MR) is 123 cm³/mol. The molecule has 0 saturated carbocycles. The Kier molecular flexibility index (Phi) is 11.1. The minimum absolute atomic E-state index is 0. The van der Waals surface area contributed by atoms with Crippen LogP contribution < -0.4 is 10.6 Å². The van der Waals surface area contributed by atoms with Crippen LogP contribution in [0.1, 0.15) is 19.8 Å². The van der Waals surface area contributed by atoms with Crippen LogP contribution >= 0.6 is 24.0 Å². The van der Waals surface area contributed by atoms with Crippen molar-refractivity contribution >= 4 is 40.0 Å². The SMILES string of the molecule is CCNC(=NCC1CCN(S(=O)(=O)C(F)(F)F)CC1)NCC1CN(C)CCN1C.I. The van der Waals surface area contributed by atoms with Crippen LogP contribution in [0.4, 0.5) is 13.2 Å². The molecule has 2 saturated heterocycles. The highest BCUT2D eigenvalue weighted by Crippen LogP contribution is 2.30. The molecular formula is C17H34F3IN6O2S. The first-order chi connectivity index (χ1) is 13.5. The molecule has 2 aliphatic rings. The van der Waals surface area contributed by atoms with Crippen molar-refractivity contribution in [2.45, 2.75) is 31.3 Å². The maximum absolute atomic E-state index is 12.7. The Labute approximate surface area is 194 Å². The van der Waals surface area contributed by atoms with Gasteiger partial charge in [-0.3, -0.25) is 9.89 Å². The third-order valence-electron chi connectivity index (χ3n) is 5.54.